The van der Waals surface area contributed by atoms with Crippen LogP contribution >= 0.6 is 11.6 Å². The molecule has 1 aromatic carbocycles. The highest BCUT2D eigenvalue weighted by atomic mass is 35.5. The van der Waals surface area contributed by atoms with Crippen LogP contribution in [-0.2, 0) is 4.79 Å². The summed E-state index contributed by atoms with van der Waals surface area (Å²) in [5.41, 5.74) is 0.473. The van der Waals surface area contributed by atoms with Gasteiger partial charge in [0.15, 0.2) is 0 Å². The van der Waals surface area contributed by atoms with Gasteiger partial charge in [-0.05, 0) is 30.0 Å². The number of halogens is 1. The van der Waals surface area contributed by atoms with E-state index < -0.39 is 11.5 Å². The molecule has 0 amide bonds. The zero-order valence-corrected chi connectivity index (χ0v) is 10.9. The van der Waals surface area contributed by atoms with Gasteiger partial charge in [-0.3, -0.25) is 4.79 Å². The van der Waals surface area contributed by atoms with E-state index in [0.29, 0.717) is 17.9 Å². The van der Waals surface area contributed by atoms with Crippen molar-refractivity contribution < 1.29 is 9.90 Å². The first-order valence-electron chi connectivity index (χ1n) is 5.88. The average Bonchev–Trinajstić information content (AvgIpc) is 2.27. The second-order valence-electron chi connectivity index (χ2n) is 5.35. The third-order valence-corrected chi connectivity index (χ3v) is 4.08. The highest BCUT2D eigenvalue weighted by Crippen LogP contribution is 2.40. The molecule has 0 aromatic heterocycles. The zero-order valence-electron chi connectivity index (χ0n) is 10.1. The smallest absolute Gasteiger partial charge is 0.141 e. The van der Waals surface area contributed by atoms with Crippen molar-refractivity contribution in [1.29, 1.82) is 0 Å². The lowest BCUT2D eigenvalue weighted by Crippen LogP contribution is -2.43. The lowest BCUT2D eigenvalue weighted by atomic mass is 9.68. The Kier molecular flexibility index (Phi) is 3.28. The Balaban J connectivity index is 2.20. The van der Waals surface area contributed by atoms with Crippen molar-refractivity contribution in [3.8, 4) is 0 Å². The van der Waals surface area contributed by atoms with Gasteiger partial charge in [0.25, 0.3) is 0 Å². The standard InChI is InChI=1S/C14H17ClO2/c1-14(2)12(16)7-10(8-13(14)17)9-3-5-11(15)6-4-9/h3-6,10,12,16H,7-8H2,1-2H3. The summed E-state index contributed by atoms with van der Waals surface area (Å²) in [6.07, 6.45) is 0.580. The summed E-state index contributed by atoms with van der Waals surface area (Å²) in [4.78, 5) is 12.0. The highest BCUT2D eigenvalue weighted by Gasteiger charge is 2.42. The Labute approximate surface area is 107 Å². The molecular weight excluding hydrogens is 236 g/mol. The van der Waals surface area contributed by atoms with E-state index in [1.54, 1.807) is 0 Å². The number of aliphatic hydroxyl groups excluding tert-OH is 1. The van der Waals surface area contributed by atoms with Crippen molar-refractivity contribution in [3.05, 3.63) is 34.9 Å². The van der Waals surface area contributed by atoms with Crippen molar-refractivity contribution in [2.75, 3.05) is 0 Å². The first-order chi connectivity index (χ1) is 7.91. The van der Waals surface area contributed by atoms with Crippen LogP contribution in [0, 0.1) is 5.41 Å². The molecule has 1 aliphatic rings. The molecule has 1 fully saturated rings. The summed E-state index contributed by atoms with van der Waals surface area (Å²) < 4.78 is 0. The minimum atomic E-state index is -0.608. The number of carbonyl (C=O) groups is 1. The van der Waals surface area contributed by atoms with Crippen LogP contribution in [-0.4, -0.2) is 17.0 Å². The number of Topliss-reactive ketones (excluding diaryl/α,β-unsaturated/α-hetero) is 1. The molecule has 0 spiro atoms. The number of rotatable bonds is 1. The Morgan fingerprint density at radius 2 is 1.88 bits per heavy atom. The number of hydrogen-bond donors (Lipinski definition) is 1. The van der Waals surface area contributed by atoms with Gasteiger partial charge in [0.2, 0.25) is 0 Å². The van der Waals surface area contributed by atoms with Gasteiger partial charge >= 0.3 is 0 Å². The molecule has 2 unspecified atom stereocenters. The monoisotopic (exact) mass is 252 g/mol. The molecule has 0 heterocycles. The molecule has 2 nitrogen and oxygen atoms in total. The predicted molar refractivity (Wildman–Crippen MR) is 68.2 cm³/mol. The molecule has 0 radical (unpaired) electrons. The van der Waals surface area contributed by atoms with Gasteiger partial charge in [-0.25, -0.2) is 0 Å². The van der Waals surface area contributed by atoms with E-state index in [4.69, 9.17) is 11.6 Å². The van der Waals surface area contributed by atoms with Crippen LogP contribution in [0.4, 0.5) is 0 Å². The van der Waals surface area contributed by atoms with Crippen LogP contribution < -0.4 is 0 Å². The molecule has 0 aliphatic heterocycles. The third kappa shape index (κ3) is 2.38. The van der Waals surface area contributed by atoms with Gasteiger partial charge in [0.1, 0.15) is 5.78 Å². The Hall–Kier alpha value is -0.860. The minimum Gasteiger partial charge on any atom is -0.392 e. The second-order valence-corrected chi connectivity index (χ2v) is 5.79. The molecule has 0 saturated heterocycles. The van der Waals surface area contributed by atoms with Crippen LogP contribution in [0.2, 0.25) is 5.02 Å². The largest absolute Gasteiger partial charge is 0.392 e. The molecule has 2 rings (SSSR count). The van der Waals surface area contributed by atoms with E-state index in [2.05, 4.69) is 0 Å². The van der Waals surface area contributed by atoms with Crippen molar-refractivity contribution in [1.82, 2.24) is 0 Å². The summed E-state index contributed by atoms with van der Waals surface area (Å²) >= 11 is 5.84. The minimum absolute atomic E-state index is 0.114. The molecule has 2 atom stereocenters. The fraction of sp³-hybridized carbons (Fsp3) is 0.500. The Morgan fingerprint density at radius 1 is 1.29 bits per heavy atom. The van der Waals surface area contributed by atoms with E-state index >= 15 is 0 Å². The summed E-state index contributed by atoms with van der Waals surface area (Å²) in [5.74, 6) is 0.249. The Bertz CT molecular complexity index is 422. The van der Waals surface area contributed by atoms with Crippen molar-refractivity contribution in [2.45, 2.75) is 38.7 Å². The zero-order chi connectivity index (χ0) is 12.6. The quantitative estimate of drug-likeness (QED) is 0.834. The first-order valence-corrected chi connectivity index (χ1v) is 6.26. The fourth-order valence-electron chi connectivity index (χ4n) is 2.31. The Morgan fingerprint density at radius 3 is 2.41 bits per heavy atom. The first kappa shape index (κ1) is 12.6. The van der Waals surface area contributed by atoms with Gasteiger partial charge in [-0.1, -0.05) is 37.6 Å². The van der Waals surface area contributed by atoms with E-state index in [1.165, 1.54) is 0 Å². The van der Waals surface area contributed by atoms with Gasteiger partial charge in [-0.2, -0.15) is 0 Å². The van der Waals surface area contributed by atoms with Crippen molar-refractivity contribution in [3.63, 3.8) is 0 Å². The molecule has 0 bridgehead atoms. The number of aliphatic hydroxyl groups is 1. The molecule has 1 aromatic rings. The number of benzene rings is 1. The van der Waals surface area contributed by atoms with Crippen LogP contribution in [0.25, 0.3) is 0 Å². The van der Waals surface area contributed by atoms with Crippen LogP contribution in [0.1, 0.15) is 38.2 Å². The van der Waals surface area contributed by atoms with E-state index in [9.17, 15) is 9.90 Å². The SMILES string of the molecule is CC1(C)C(=O)CC(c2ccc(Cl)cc2)CC1O. The van der Waals surface area contributed by atoms with Crippen LogP contribution in [0.5, 0.6) is 0 Å². The summed E-state index contributed by atoms with van der Waals surface area (Å²) in [6.45, 7) is 3.64. The second kappa shape index (κ2) is 4.43. The van der Waals surface area contributed by atoms with Crippen LogP contribution in [0.3, 0.4) is 0 Å². The maximum Gasteiger partial charge on any atom is 0.141 e. The molecule has 3 heteroatoms. The molecular formula is C14H17ClO2. The molecule has 1 saturated carbocycles. The van der Waals surface area contributed by atoms with Gasteiger partial charge in [-0.15, -0.1) is 0 Å². The molecule has 1 N–H and O–H groups in total. The third-order valence-electron chi connectivity index (χ3n) is 3.83. The maximum absolute atomic E-state index is 12.0. The maximum atomic E-state index is 12.0. The number of ketones is 1. The molecule has 17 heavy (non-hydrogen) atoms. The normalized spacial score (nSPS) is 28.1. The highest BCUT2D eigenvalue weighted by molar-refractivity contribution is 6.30. The van der Waals surface area contributed by atoms with Crippen LogP contribution in [0.15, 0.2) is 24.3 Å². The van der Waals surface area contributed by atoms with Crippen molar-refractivity contribution in [2.24, 2.45) is 5.41 Å². The van der Waals surface area contributed by atoms with Crippen molar-refractivity contribution >= 4 is 17.4 Å². The van der Waals surface area contributed by atoms with Gasteiger partial charge in [0.05, 0.1) is 6.10 Å². The summed E-state index contributed by atoms with van der Waals surface area (Å²) in [6, 6.07) is 7.53. The van der Waals surface area contributed by atoms with E-state index in [-0.39, 0.29) is 11.7 Å². The van der Waals surface area contributed by atoms with Gasteiger partial charge < -0.3 is 5.11 Å². The number of hydrogen-bond acceptors (Lipinski definition) is 2. The lowest BCUT2D eigenvalue weighted by Gasteiger charge is -2.37. The fourth-order valence-corrected chi connectivity index (χ4v) is 2.44. The van der Waals surface area contributed by atoms with Gasteiger partial charge in [0, 0.05) is 16.9 Å². The topological polar surface area (TPSA) is 37.3 Å². The summed E-state index contributed by atoms with van der Waals surface area (Å²) in [7, 11) is 0. The van der Waals surface area contributed by atoms with E-state index in [1.807, 2.05) is 38.1 Å². The molecule has 1 aliphatic carbocycles. The summed E-state index contributed by atoms with van der Waals surface area (Å²) in [5, 5.41) is 10.7. The lowest BCUT2D eigenvalue weighted by molar-refractivity contribution is -0.137. The van der Waals surface area contributed by atoms with E-state index in [0.717, 1.165) is 5.56 Å². The predicted octanol–water partition coefficient (Wildman–Crippen LogP) is 3.17. The molecule has 92 valence electrons. The number of carbonyl (C=O) groups excluding carboxylic acids is 1. The average molecular weight is 253 g/mol.